The molecule has 2 aromatic rings. The molecule has 0 aliphatic carbocycles. The summed E-state index contributed by atoms with van der Waals surface area (Å²) in [5.41, 5.74) is 0.449. The molecule has 0 saturated heterocycles. The van der Waals surface area contributed by atoms with Crippen LogP contribution in [0.3, 0.4) is 0 Å². The Labute approximate surface area is 130 Å². The van der Waals surface area contributed by atoms with Gasteiger partial charge in [-0.2, -0.15) is 0 Å². The number of halogens is 1. The average molecular weight is 325 g/mol. The van der Waals surface area contributed by atoms with Crippen LogP contribution in [0.4, 0.5) is 5.69 Å². The number of rotatable bonds is 6. The number of likely N-dealkylation sites (N-methyl/N-ethyl adjacent to an activating group) is 1. The van der Waals surface area contributed by atoms with Gasteiger partial charge in [0.2, 0.25) is 0 Å². The molecule has 0 aliphatic rings. The summed E-state index contributed by atoms with van der Waals surface area (Å²) in [6, 6.07) is 9.40. The van der Waals surface area contributed by atoms with E-state index in [9.17, 15) is 14.9 Å². The average Bonchev–Trinajstić information content (AvgIpc) is 2.83. The Morgan fingerprint density at radius 3 is 2.48 bits per heavy atom. The summed E-state index contributed by atoms with van der Waals surface area (Å²) in [7, 11) is 1.84. The number of nitro benzene ring substituents is 1. The Balaban J connectivity index is 1.95. The lowest BCUT2D eigenvalue weighted by molar-refractivity contribution is -0.384. The Morgan fingerprint density at radius 2 is 1.95 bits per heavy atom. The molecule has 1 heterocycles. The number of Topliss-reactive ketones (excluding diaryl/α,β-unsaturated/α-hetero) is 1. The summed E-state index contributed by atoms with van der Waals surface area (Å²) in [6.45, 7) is 0.878. The molecule has 21 heavy (non-hydrogen) atoms. The van der Waals surface area contributed by atoms with Crippen LogP contribution in [-0.4, -0.2) is 29.2 Å². The summed E-state index contributed by atoms with van der Waals surface area (Å²) >= 11 is 7.35. The van der Waals surface area contributed by atoms with Crippen molar-refractivity contribution in [3.63, 3.8) is 0 Å². The van der Waals surface area contributed by atoms with Crippen LogP contribution in [0.2, 0.25) is 4.34 Å². The molecule has 0 radical (unpaired) electrons. The second-order valence-electron chi connectivity index (χ2n) is 4.61. The molecule has 0 fully saturated rings. The molecule has 110 valence electrons. The molecule has 0 amide bonds. The predicted octanol–water partition coefficient (Wildman–Crippen LogP) is 3.62. The van der Waals surface area contributed by atoms with Crippen molar-refractivity contribution in [2.24, 2.45) is 0 Å². The Bertz CT molecular complexity index is 654. The zero-order valence-electron chi connectivity index (χ0n) is 11.3. The molecule has 0 unspecified atom stereocenters. The first kappa shape index (κ1) is 15.6. The van der Waals surface area contributed by atoms with E-state index >= 15 is 0 Å². The number of carbonyl (C=O) groups is 1. The molecular formula is C14H13ClN2O3S. The fourth-order valence-corrected chi connectivity index (χ4v) is 3.03. The number of carbonyl (C=O) groups excluding carboxylic acids is 1. The van der Waals surface area contributed by atoms with Crippen LogP contribution in [0.25, 0.3) is 0 Å². The molecule has 0 saturated carbocycles. The van der Waals surface area contributed by atoms with Crippen LogP contribution in [0.15, 0.2) is 36.4 Å². The third kappa shape index (κ3) is 4.35. The fraction of sp³-hybridized carbons (Fsp3) is 0.214. The highest BCUT2D eigenvalue weighted by molar-refractivity contribution is 7.16. The van der Waals surface area contributed by atoms with Crippen molar-refractivity contribution in [2.75, 3.05) is 13.6 Å². The number of thiophene rings is 1. The Kier molecular flexibility index (Phi) is 5.06. The third-order valence-corrected chi connectivity index (χ3v) is 4.08. The van der Waals surface area contributed by atoms with Crippen LogP contribution in [-0.2, 0) is 6.54 Å². The first-order valence-electron chi connectivity index (χ1n) is 6.16. The van der Waals surface area contributed by atoms with Crippen LogP contribution >= 0.6 is 22.9 Å². The van der Waals surface area contributed by atoms with E-state index in [2.05, 4.69) is 0 Å². The second kappa shape index (κ2) is 6.80. The SMILES string of the molecule is CN(CC(=O)c1ccc([N+](=O)[O-])cc1)Cc1ccc(Cl)s1. The molecule has 0 atom stereocenters. The second-order valence-corrected chi connectivity index (χ2v) is 6.40. The van der Waals surface area contributed by atoms with Gasteiger partial charge in [0, 0.05) is 29.1 Å². The molecular weight excluding hydrogens is 312 g/mol. The minimum Gasteiger partial charge on any atom is -0.294 e. The van der Waals surface area contributed by atoms with Crippen molar-refractivity contribution in [3.8, 4) is 0 Å². The van der Waals surface area contributed by atoms with Crippen molar-refractivity contribution in [3.05, 3.63) is 61.3 Å². The zero-order valence-corrected chi connectivity index (χ0v) is 12.9. The van der Waals surface area contributed by atoms with Gasteiger partial charge in [-0.1, -0.05) is 11.6 Å². The van der Waals surface area contributed by atoms with Gasteiger partial charge in [-0.3, -0.25) is 19.8 Å². The van der Waals surface area contributed by atoms with Gasteiger partial charge in [0.05, 0.1) is 15.8 Å². The van der Waals surface area contributed by atoms with Gasteiger partial charge in [-0.05, 0) is 31.3 Å². The van der Waals surface area contributed by atoms with Crippen molar-refractivity contribution in [1.82, 2.24) is 4.90 Å². The van der Waals surface area contributed by atoms with Crippen LogP contribution in [0.5, 0.6) is 0 Å². The maximum atomic E-state index is 12.1. The number of benzene rings is 1. The van der Waals surface area contributed by atoms with E-state index in [4.69, 9.17) is 11.6 Å². The van der Waals surface area contributed by atoms with E-state index in [1.807, 2.05) is 24.1 Å². The smallest absolute Gasteiger partial charge is 0.269 e. The van der Waals surface area contributed by atoms with Crippen LogP contribution in [0, 0.1) is 10.1 Å². The molecule has 2 rings (SSSR count). The number of nitrogens with zero attached hydrogens (tertiary/aromatic N) is 2. The summed E-state index contributed by atoms with van der Waals surface area (Å²) in [6.07, 6.45) is 0. The van der Waals surface area contributed by atoms with Gasteiger partial charge in [0.1, 0.15) is 0 Å². The van der Waals surface area contributed by atoms with E-state index in [1.54, 1.807) is 0 Å². The number of non-ortho nitro benzene ring substituents is 1. The minimum atomic E-state index is -0.485. The lowest BCUT2D eigenvalue weighted by Gasteiger charge is -2.14. The molecule has 1 aromatic carbocycles. The van der Waals surface area contributed by atoms with E-state index in [0.717, 1.165) is 9.21 Å². The summed E-state index contributed by atoms with van der Waals surface area (Å²) in [5.74, 6) is -0.0740. The summed E-state index contributed by atoms with van der Waals surface area (Å²) in [4.78, 5) is 25.1. The molecule has 0 N–H and O–H groups in total. The predicted molar refractivity (Wildman–Crippen MR) is 83.1 cm³/mol. The highest BCUT2D eigenvalue weighted by atomic mass is 35.5. The quantitative estimate of drug-likeness (QED) is 0.462. The van der Waals surface area contributed by atoms with E-state index in [0.29, 0.717) is 12.1 Å². The Morgan fingerprint density at radius 1 is 1.29 bits per heavy atom. The van der Waals surface area contributed by atoms with Gasteiger partial charge in [-0.15, -0.1) is 11.3 Å². The van der Waals surface area contributed by atoms with Gasteiger partial charge in [0.15, 0.2) is 5.78 Å². The van der Waals surface area contributed by atoms with Gasteiger partial charge < -0.3 is 0 Å². The van der Waals surface area contributed by atoms with Gasteiger partial charge >= 0.3 is 0 Å². The van der Waals surface area contributed by atoms with Gasteiger partial charge in [0.25, 0.3) is 5.69 Å². The first-order chi connectivity index (χ1) is 9.95. The highest BCUT2D eigenvalue weighted by Crippen LogP contribution is 2.22. The fourth-order valence-electron chi connectivity index (χ4n) is 1.86. The number of hydrogen-bond acceptors (Lipinski definition) is 5. The number of ketones is 1. The lowest BCUT2D eigenvalue weighted by Crippen LogP contribution is -2.25. The number of hydrogen-bond donors (Lipinski definition) is 0. The van der Waals surface area contributed by atoms with Crippen LogP contribution < -0.4 is 0 Å². The monoisotopic (exact) mass is 324 g/mol. The molecule has 0 spiro atoms. The van der Waals surface area contributed by atoms with Crippen molar-refractivity contribution in [2.45, 2.75) is 6.54 Å². The Hall–Kier alpha value is -1.76. The molecule has 0 aliphatic heterocycles. The van der Waals surface area contributed by atoms with Crippen molar-refractivity contribution < 1.29 is 9.72 Å². The van der Waals surface area contributed by atoms with E-state index in [-0.39, 0.29) is 18.0 Å². The van der Waals surface area contributed by atoms with Crippen LogP contribution in [0.1, 0.15) is 15.2 Å². The minimum absolute atomic E-state index is 0.0202. The maximum Gasteiger partial charge on any atom is 0.269 e. The summed E-state index contributed by atoms with van der Waals surface area (Å²) in [5, 5.41) is 10.6. The van der Waals surface area contributed by atoms with Crippen molar-refractivity contribution in [1.29, 1.82) is 0 Å². The summed E-state index contributed by atoms with van der Waals surface area (Å²) < 4.78 is 0.722. The number of nitro groups is 1. The van der Waals surface area contributed by atoms with E-state index in [1.165, 1.54) is 35.6 Å². The van der Waals surface area contributed by atoms with E-state index < -0.39 is 4.92 Å². The standard InChI is InChI=1S/C14H13ClN2O3S/c1-16(8-12-6-7-14(15)21-12)9-13(18)10-2-4-11(5-3-10)17(19)20/h2-7H,8-9H2,1H3. The first-order valence-corrected chi connectivity index (χ1v) is 7.35. The van der Waals surface area contributed by atoms with Crippen molar-refractivity contribution >= 4 is 34.4 Å². The molecule has 1 aromatic heterocycles. The largest absolute Gasteiger partial charge is 0.294 e. The zero-order chi connectivity index (χ0) is 15.4. The third-order valence-electron chi connectivity index (χ3n) is 2.87. The maximum absolute atomic E-state index is 12.1. The molecule has 7 heteroatoms. The molecule has 5 nitrogen and oxygen atoms in total. The topological polar surface area (TPSA) is 63.5 Å². The van der Waals surface area contributed by atoms with Gasteiger partial charge in [-0.25, -0.2) is 0 Å². The normalized spacial score (nSPS) is 10.8. The highest BCUT2D eigenvalue weighted by Gasteiger charge is 2.12. The lowest BCUT2D eigenvalue weighted by atomic mass is 10.1. The molecule has 0 bridgehead atoms.